The highest BCUT2D eigenvalue weighted by atomic mass is 16.7. The molecule has 5 rings (SSSR count). The quantitative estimate of drug-likeness (QED) is 0.635. The highest BCUT2D eigenvalue weighted by molar-refractivity contribution is 6.24. The van der Waals surface area contributed by atoms with Gasteiger partial charge in [0.05, 0.1) is 24.5 Å². The fourth-order valence-corrected chi connectivity index (χ4v) is 4.45. The van der Waals surface area contributed by atoms with Crippen LogP contribution < -0.4 is 14.7 Å². The van der Waals surface area contributed by atoms with E-state index in [0.29, 0.717) is 11.3 Å². The number of imide groups is 1. The van der Waals surface area contributed by atoms with Gasteiger partial charge in [-0.3, -0.25) is 14.4 Å². The number of phenolic OH excluding ortho intramolecular Hbond substituents is 1. The Bertz CT molecular complexity index is 1200. The zero-order valence-corrected chi connectivity index (χ0v) is 17.6. The van der Waals surface area contributed by atoms with Crippen molar-refractivity contribution in [2.45, 2.75) is 19.1 Å². The number of hydroxylamine groups is 1. The average Bonchev–Trinajstić information content (AvgIpc) is 3.31. The van der Waals surface area contributed by atoms with E-state index in [0.717, 1.165) is 11.3 Å². The number of rotatable bonds is 4. The number of anilines is 2. The van der Waals surface area contributed by atoms with Crippen molar-refractivity contribution in [1.29, 1.82) is 0 Å². The van der Waals surface area contributed by atoms with E-state index in [-0.39, 0.29) is 23.3 Å². The van der Waals surface area contributed by atoms with E-state index in [4.69, 9.17) is 9.57 Å². The van der Waals surface area contributed by atoms with Gasteiger partial charge < -0.3 is 9.84 Å². The van der Waals surface area contributed by atoms with Crippen molar-refractivity contribution in [2.75, 3.05) is 17.1 Å². The summed E-state index contributed by atoms with van der Waals surface area (Å²) in [5, 5.41) is 11.7. The summed E-state index contributed by atoms with van der Waals surface area (Å²) in [6, 6.07) is 21.0. The number of ether oxygens (including phenoxy) is 1. The van der Waals surface area contributed by atoms with Crippen molar-refractivity contribution < 1.29 is 24.3 Å². The zero-order valence-electron chi connectivity index (χ0n) is 17.6. The molecule has 2 fully saturated rings. The first-order valence-corrected chi connectivity index (χ1v) is 10.3. The fourth-order valence-electron chi connectivity index (χ4n) is 4.45. The molecule has 3 atom stereocenters. The molecule has 2 heterocycles. The minimum absolute atomic E-state index is 0.00631. The number of carbonyl (C=O) groups excluding carboxylic acids is 2. The molecule has 3 aromatic rings. The Labute approximate surface area is 185 Å². The monoisotopic (exact) mass is 430 g/mol. The van der Waals surface area contributed by atoms with Crippen molar-refractivity contribution >= 4 is 23.2 Å². The van der Waals surface area contributed by atoms with Crippen LogP contribution in [-0.4, -0.2) is 30.1 Å². The Balaban J connectivity index is 1.61. The van der Waals surface area contributed by atoms with Crippen molar-refractivity contribution in [3.8, 4) is 11.5 Å². The Hall–Kier alpha value is -3.84. The second-order valence-corrected chi connectivity index (χ2v) is 7.94. The number of hydrogen-bond acceptors (Lipinski definition) is 6. The molecule has 2 amide bonds. The first kappa shape index (κ1) is 20.1. The first-order chi connectivity index (χ1) is 15.5. The molecule has 2 aliphatic rings. The second-order valence-electron chi connectivity index (χ2n) is 7.94. The molecule has 0 aromatic heterocycles. The summed E-state index contributed by atoms with van der Waals surface area (Å²) in [6.45, 7) is 1.91. The number of nitrogens with zero attached hydrogens (tertiary/aromatic N) is 2. The number of hydrogen-bond donors (Lipinski definition) is 1. The maximum absolute atomic E-state index is 13.6. The van der Waals surface area contributed by atoms with Gasteiger partial charge in [0.25, 0.3) is 5.91 Å². The smallest absolute Gasteiger partial charge is 0.266 e. The van der Waals surface area contributed by atoms with Gasteiger partial charge in [0.1, 0.15) is 5.92 Å². The molecular formula is C25H22N2O5. The zero-order chi connectivity index (χ0) is 22.4. The van der Waals surface area contributed by atoms with E-state index >= 15 is 0 Å². The number of carbonyl (C=O) groups is 2. The first-order valence-electron chi connectivity index (χ1n) is 10.3. The molecule has 3 aromatic carbocycles. The number of phenols is 1. The van der Waals surface area contributed by atoms with Crippen molar-refractivity contribution in [2.24, 2.45) is 5.92 Å². The molecule has 0 aliphatic carbocycles. The lowest BCUT2D eigenvalue weighted by Gasteiger charge is -2.29. The van der Waals surface area contributed by atoms with Gasteiger partial charge in [0.2, 0.25) is 5.91 Å². The fraction of sp³-hybridized carbons (Fsp3) is 0.200. The molecule has 2 saturated heterocycles. The SMILES string of the molecule is COc1cc([C@H]2[C@H]3C(=O)N(c4cccc(C)c4)C(=O)[C@@H]3ON2c2ccccc2)ccc1O. The van der Waals surface area contributed by atoms with Crippen LogP contribution >= 0.6 is 0 Å². The number of methoxy groups -OCH3 is 1. The highest BCUT2D eigenvalue weighted by Gasteiger charge is 2.60. The van der Waals surface area contributed by atoms with E-state index in [1.807, 2.05) is 55.5 Å². The van der Waals surface area contributed by atoms with Crippen LogP contribution in [0.1, 0.15) is 17.2 Å². The van der Waals surface area contributed by atoms with Crippen LogP contribution in [-0.2, 0) is 14.4 Å². The minimum Gasteiger partial charge on any atom is -0.504 e. The van der Waals surface area contributed by atoms with E-state index < -0.39 is 18.1 Å². The van der Waals surface area contributed by atoms with Gasteiger partial charge in [-0.25, -0.2) is 9.96 Å². The molecule has 1 N–H and O–H groups in total. The molecule has 0 spiro atoms. The van der Waals surface area contributed by atoms with Crippen LogP contribution in [0.5, 0.6) is 11.5 Å². The minimum atomic E-state index is -0.951. The molecule has 0 bridgehead atoms. The van der Waals surface area contributed by atoms with Gasteiger partial charge in [-0.15, -0.1) is 0 Å². The predicted octanol–water partition coefficient (Wildman–Crippen LogP) is 3.76. The summed E-state index contributed by atoms with van der Waals surface area (Å²) < 4.78 is 5.28. The number of benzene rings is 3. The standard InChI is InChI=1S/C25H22N2O5/c1-15-7-6-10-18(13-15)26-24(29)21-22(16-11-12-19(28)20(14-16)31-2)27(32-23(21)25(26)30)17-8-4-3-5-9-17/h3-14,21-23,28H,1-2H3/t21-,22+,23-/m1/s1. The van der Waals surface area contributed by atoms with Crippen LogP contribution in [0, 0.1) is 12.8 Å². The van der Waals surface area contributed by atoms with E-state index in [2.05, 4.69) is 0 Å². The van der Waals surface area contributed by atoms with Crippen LogP contribution in [0.2, 0.25) is 0 Å². The van der Waals surface area contributed by atoms with Gasteiger partial charge in [-0.2, -0.15) is 0 Å². The third-order valence-electron chi connectivity index (χ3n) is 5.93. The average molecular weight is 430 g/mol. The van der Waals surface area contributed by atoms with Crippen molar-refractivity contribution in [3.63, 3.8) is 0 Å². The molecule has 162 valence electrons. The maximum atomic E-state index is 13.6. The Morgan fingerprint density at radius 1 is 0.906 bits per heavy atom. The number of aromatic hydroxyl groups is 1. The maximum Gasteiger partial charge on any atom is 0.266 e. The lowest BCUT2D eigenvalue weighted by molar-refractivity contribution is -0.126. The summed E-state index contributed by atoms with van der Waals surface area (Å²) in [4.78, 5) is 34.3. The molecule has 7 heteroatoms. The predicted molar refractivity (Wildman–Crippen MR) is 118 cm³/mol. The Morgan fingerprint density at radius 3 is 2.38 bits per heavy atom. The van der Waals surface area contributed by atoms with Crippen LogP contribution in [0.3, 0.4) is 0 Å². The molecule has 0 unspecified atom stereocenters. The van der Waals surface area contributed by atoms with Gasteiger partial charge in [-0.05, 0) is 54.4 Å². The van der Waals surface area contributed by atoms with Crippen LogP contribution in [0.4, 0.5) is 11.4 Å². The third kappa shape index (κ3) is 3.09. The summed E-state index contributed by atoms with van der Waals surface area (Å²) in [5.74, 6) is -1.18. The topological polar surface area (TPSA) is 79.3 Å². The summed E-state index contributed by atoms with van der Waals surface area (Å²) in [6.07, 6.45) is -0.951. The second kappa shape index (κ2) is 7.69. The van der Waals surface area contributed by atoms with Gasteiger partial charge in [-0.1, -0.05) is 36.4 Å². The van der Waals surface area contributed by atoms with Crippen molar-refractivity contribution in [3.05, 3.63) is 83.9 Å². The largest absolute Gasteiger partial charge is 0.504 e. The number of para-hydroxylation sites is 1. The summed E-state index contributed by atoms with van der Waals surface area (Å²) in [5.41, 5.74) is 2.91. The summed E-state index contributed by atoms with van der Waals surface area (Å²) >= 11 is 0. The molecule has 0 saturated carbocycles. The van der Waals surface area contributed by atoms with Gasteiger partial charge in [0, 0.05) is 0 Å². The highest BCUT2D eigenvalue weighted by Crippen LogP contribution is 2.48. The van der Waals surface area contributed by atoms with E-state index in [1.54, 1.807) is 23.3 Å². The Kier molecular flexibility index (Phi) is 4.83. The Morgan fingerprint density at radius 2 is 1.66 bits per heavy atom. The number of amides is 2. The van der Waals surface area contributed by atoms with Gasteiger partial charge >= 0.3 is 0 Å². The molecule has 7 nitrogen and oxygen atoms in total. The molecule has 0 radical (unpaired) electrons. The third-order valence-corrected chi connectivity index (χ3v) is 5.93. The normalized spacial score (nSPS) is 22.4. The molecular weight excluding hydrogens is 408 g/mol. The van der Waals surface area contributed by atoms with E-state index in [9.17, 15) is 14.7 Å². The number of fused-ring (bicyclic) bond motifs is 1. The lowest BCUT2D eigenvalue weighted by Crippen LogP contribution is -2.37. The number of aryl methyl sites for hydroxylation is 1. The summed E-state index contributed by atoms with van der Waals surface area (Å²) in [7, 11) is 1.46. The van der Waals surface area contributed by atoms with Gasteiger partial charge in [0.15, 0.2) is 17.6 Å². The molecule has 2 aliphatic heterocycles. The lowest BCUT2D eigenvalue weighted by atomic mass is 9.90. The van der Waals surface area contributed by atoms with E-state index in [1.165, 1.54) is 18.1 Å². The van der Waals surface area contributed by atoms with Crippen molar-refractivity contribution in [1.82, 2.24) is 0 Å². The van der Waals surface area contributed by atoms with Crippen LogP contribution in [0.15, 0.2) is 72.8 Å². The molecule has 32 heavy (non-hydrogen) atoms. The van der Waals surface area contributed by atoms with Crippen LogP contribution in [0.25, 0.3) is 0 Å².